The van der Waals surface area contributed by atoms with Crippen LogP contribution in [0, 0.1) is 17.1 Å². The van der Waals surface area contributed by atoms with Crippen molar-refractivity contribution < 1.29 is 18.7 Å². The van der Waals surface area contributed by atoms with Crippen molar-refractivity contribution in [2.75, 3.05) is 43.6 Å². The molecular weight excluding hydrogens is 437 g/mol. The molecule has 0 heterocycles. The molecule has 0 aliphatic carbocycles. The van der Waals surface area contributed by atoms with E-state index in [0.717, 1.165) is 0 Å². The number of nitrogens with one attached hydrogen (secondary N) is 2. The number of rotatable bonds is 7. The van der Waals surface area contributed by atoms with Gasteiger partial charge in [0, 0.05) is 17.8 Å². The van der Waals surface area contributed by atoms with Crippen molar-refractivity contribution >= 4 is 29.1 Å². The number of hydrogen-bond donors (Lipinski definition) is 3. The summed E-state index contributed by atoms with van der Waals surface area (Å²) in [6.45, 7) is 0.867. The Balaban J connectivity index is 1.67. The Kier molecular flexibility index (Phi) is 7.79. The van der Waals surface area contributed by atoms with Gasteiger partial charge in [0.25, 0.3) is 5.91 Å². The van der Waals surface area contributed by atoms with Gasteiger partial charge >= 0.3 is 6.09 Å². The first-order chi connectivity index (χ1) is 16.3. The molecule has 3 aromatic rings. The van der Waals surface area contributed by atoms with Crippen LogP contribution in [0.5, 0.6) is 0 Å². The Morgan fingerprint density at radius 2 is 1.71 bits per heavy atom. The predicted octanol–water partition coefficient (Wildman–Crippen LogP) is 4.31. The smallest absolute Gasteiger partial charge is 0.411 e. The molecule has 0 bridgehead atoms. The van der Waals surface area contributed by atoms with Gasteiger partial charge in [-0.25, -0.2) is 9.18 Å². The van der Waals surface area contributed by atoms with Gasteiger partial charge in [-0.15, -0.1) is 0 Å². The summed E-state index contributed by atoms with van der Waals surface area (Å²) in [6, 6.07) is 17.3. The minimum Gasteiger partial charge on any atom is -0.448 e. The number of halogens is 1. The normalized spacial score (nSPS) is 10.4. The third-order valence-electron chi connectivity index (χ3n) is 4.89. The van der Waals surface area contributed by atoms with Gasteiger partial charge in [0.05, 0.1) is 16.9 Å². The molecule has 2 amide bonds. The van der Waals surface area contributed by atoms with Crippen LogP contribution < -0.4 is 16.4 Å². The lowest BCUT2D eigenvalue weighted by atomic mass is 10.0. The summed E-state index contributed by atoms with van der Waals surface area (Å²) in [5, 5.41) is 14.2. The van der Waals surface area contributed by atoms with Crippen molar-refractivity contribution in [3.63, 3.8) is 0 Å². The molecule has 3 rings (SSSR count). The molecular formula is C25H24FN5O3. The highest BCUT2D eigenvalue weighted by Crippen LogP contribution is 2.29. The van der Waals surface area contributed by atoms with Gasteiger partial charge in [0.15, 0.2) is 0 Å². The van der Waals surface area contributed by atoms with Crippen molar-refractivity contribution in [3.8, 4) is 17.2 Å². The quantitative estimate of drug-likeness (QED) is 0.451. The minimum atomic E-state index is -0.627. The number of nitriles is 1. The summed E-state index contributed by atoms with van der Waals surface area (Å²) in [5.41, 5.74) is 8.66. The summed E-state index contributed by atoms with van der Waals surface area (Å²) in [7, 11) is 3.75. The molecule has 0 atom stereocenters. The van der Waals surface area contributed by atoms with E-state index in [1.54, 1.807) is 54.6 Å². The highest BCUT2D eigenvalue weighted by atomic mass is 19.1. The SMILES string of the molecule is CN(C)CCOC(=O)Nc1ccc(C(=O)Nc2cc(-c3ccc(C#N)c(F)c3)ccc2N)cc1. The molecule has 174 valence electrons. The molecule has 0 radical (unpaired) electrons. The zero-order chi connectivity index (χ0) is 24.7. The molecule has 0 unspecified atom stereocenters. The van der Waals surface area contributed by atoms with E-state index in [9.17, 15) is 14.0 Å². The summed E-state index contributed by atoms with van der Waals surface area (Å²) in [5.74, 6) is -1.03. The molecule has 9 heteroatoms. The van der Waals surface area contributed by atoms with E-state index in [-0.39, 0.29) is 12.2 Å². The first-order valence-corrected chi connectivity index (χ1v) is 10.4. The Hall–Kier alpha value is -4.42. The Bertz CT molecular complexity index is 1240. The van der Waals surface area contributed by atoms with Crippen LogP contribution >= 0.6 is 0 Å². The molecule has 0 saturated carbocycles. The van der Waals surface area contributed by atoms with Gasteiger partial charge in [-0.05, 0) is 73.8 Å². The summed E-state index contributed by atoms with van der Waals surface area (Å²) in [6.07, 6.45) is -0.581. The van der Waals surface area contributed by atoms with E-state index in [1.165, 1.54) is 12.1 Å². The van der Waals surface area contributed by atoms with Crippen LogP contribution in [0.25, 0.3) is 11.1 Å². The van der Waals surface area contributed by atoms with Crippen molar-refractivity contribution in [2.45, 2.75) is 0 Å². The van der Waals surface area contributed by atoms with Crippen molar-refractivity contribution in [1.29, 1.82) is 5.26 Å². The minimum absolute atomic E-state index is 0.0486. The third kappa shape index (κ3) is 6.31. The molecule has 0 aliphatic heterocycles. The maximum Gasteiger partial charge on any atom is 0.411 e. The number of carbonyl (C=O) groups is 2. The Labute approximate surface area is 196 Å². The molecule has 4 N–H and O–H groups in total. The Morgan fingerprint density at radius 3 is 2.35 bits per heavy atom. The van der Waals surface area contributed by atoms with Gasteiger partial charge in [-0.1, -0.05) is 12.1 Å². The molecule has 0 aliphatic rings. The Morgan fingerprint density at radius 1 is 1.03 bits per heavy atom. The second kappa shape index (κ2) is 10.9. The fourth-order valence-corrected chi connectivity index (χ4v) is 3.00. The van der Waals surface area contributed by atoms with Gasteiger partial charge in [-0.2, -0.15) is 5.26 Å². The number of nitrogens with zero attached hydrogens (tertiary/aromatic N) is 2. The molecule has 0 aromatic heterocycles. The number of amides is 2. The molecule has 3 aromatic carbocycles. The number of nitrogen functional groups attached to an aromatic ring is 1. The van der Waals surface area contributed by atoms with Gasteiger partial charge in [0.2, 0.25) is 0 Å². The van der Waals surface area contributed by atoms with Crippen LogP contribution in [0.3, 0.4) is 0 Å². The number of ether oxygens (including phenoxy) is 1. The summed E-state index contributed by atoms with van der Waals surface area (Å²) in [4.78, 5) is 26.4. The van der Waals surface area contributed by atoms with Crippen LogP contribution in [0.2, 0.25) is 0 Å². The van der Waals surface area contributed by atoms with E-state index in [2.05, 4.69) is 10.6 Å². The number of carbonyl (C=O) groups excluding carboxylic acids is 2. The number of hydrogen-bond acceptors (Lipinski definition) is 6. The van der Waals surface area contributed by atoms with E-state index in [4.69, 9.17) is 15.7 Å². The second-order valence-electron chi connectivity index (χ2n) is 7.70. The lowest BCUT2D eigenvalue weighted by Gasteiger charge is -2.12. The molecule has 8 nitrogen and oxygen atoms in total. The van der Waals surface area contributed by atoms with E-state index >= 15 is 0 Å². The predicted molar refractivity (Wildman–Crippen MR) is 129 cm³/mol. The fourth-order valence-electron chi connectivity index (χ4n) is 3.00. The highest BCUT2D eigenvalue weighted by Gasteiger charge is 2.12. The van der Waals surface area contributed by atoms with Crippen LogP contribution in [0.4, 0.5) is 26.2 Å². The molecule has 0 saturated heterocycles. The molecule has 0 spiro atoms. The van der Waals surface area contributed by atoms with E-state index < -0.39 is 17.8 Å². The number of anilines is 3. The second-order valence-corrected chi connectivity index (χ2v) is 7.70. The van der Waals surface area contributed by atoms with Crippen molar-refractivity contribution in [1.82, 2.24) is 4.90 Å². The van der Waals surface area contributed by atoms with Crippen molar-refractivity contribution in [3.05, 3.63) is 77.6 Å². The van der Waals surface area contributed by atoms with E-state index in [0.29, 0.717) is 40.3 Å². The first-order valence-electron chi connectivity index (χ1n) is 10.4. The maximum absolute atomic E-state index is 14.0. The van der Waals surface area contributed by atoms with Gasteiger partial charge < -0.3 is 20.7 Å². The average molecular weight is 461 g/mol. The summed E-state index contributed by atoms with van der Waals surface area (Å²) >= 11 is 0. The molecule has 34 heavy (non-hydrogen) atoms. The zero-order valence-electron chi connectivity index (χ0n) is 18.8. The highest BCUT2D eigenvalue weighted by molar-refractivity contribution is 6.06. The van der Waals surface area contributed by atoms with Gasteiger partial charge in [-0.3, -0.25) is 10.1 Å². The topological polar surface area (TPSA) is 120 Å². The number of nitrogens with two attached hydrogens (primary N) is 1. The zero-order valence-corrected chi connectivity index (χ0v) is 18.8. The third-order valence-corrected chi connectivity index (χ3v) is 4.89. The number of benzene rings is 3. The maximum atomic E-state index is 14.0. The van der Waals surface area contributed by atoms with Crippen LogP contribution in [0.1, 0.15) is 15.9 Å². The van der Waals surface area contributed by atoms with Gasteiger partial charge in [0.1, 0.15) is 18.5 Å². The standard InChI is InChI=1S/C25H24FN5O3/c1-31(2)11-12-34-25(33)29-20-8-5-16(6-9-20)24(32)30-23-14-18(7-10-22(23)28)17-3-4-19(15-27)21(26)13-17/h3-10,13-14H,11-12,28H2,1-2H3,(H,29,33)(H,30,32). The van der Waals surface area contributed by atoms with Crippen LogP contribution in [0.15, 0.2) is 60.7 Å². The monoisotopic (exact) mass is 461 g/mol. The number of likely N-dealkylation sites (N-methyl/N-ethyl adjacent to an activating group) is 1. The van der Waals surface area contributed by atoms with Crippen LogP contribution in [-0.2, 0) is 4.74 Å². The summed E-state index contributed by atoms with van der Waals surface area (Å²) < 4.78 is 19.1. The van der Waals surface area contributed by atoms with Crippen LogP contribution in [-0.4, -0.2) is 44.1 Å². The van der Waals surface area contributed by atoms with E-state index in [1.807, 2.05) is 19.0 Å². The lowest BCUT2D eigenvalue weighted by molar-refractivity contribution is 0.102. The first kappa shape index (κ1) is 24.2. The largest absolute Gasteiger partial charge is 0.448 e. The van der Waals surface area contributed by atoms with Crippen molar-refractivity contribution in [2.24, 2.45) is 0 Å². The average Bonchev–Trinajstić information content (AvgIpc) is 2.80. The molecule has 0 fully saturated rings. The fraction of sp³-hybridized carbons (Fsp3) is 0.160. The lowest BCUT2D eigenvalue weighted by Crippen LogP contribution is -2.22.